The molecule has 6 nitrogen and oxygen atoms in total. The smallest absolute Gasteiger partial charge is 0.450 e. The summed E-state index contributed by atoms with van der Waals surface area (Å²) in [6, 6.07) is 0.316. The van der Waals surface area contributed by atoms with Crippen LogP contribution in [0.3, 0.4) is 0 Å². The molecule has 0 aliphatic heterocycles. The van der Waals surface area contributed by atoms with Crippen LogP contribution in [0.5, 0.6) is 0 Å². The fraction of sp³-hybridized carbons (Fsp3) is 0.846. The van der Waals surface area contributed by atoms with Crippen molar-refractivity contribution in [2.45, 2.75) is 65.0 Å². The van der Waals surface area contributed by atoms with Crippen molar-refractivity contribution in [3.63, 3.8) is 0 Å². The van der Waals surface area contributed by atoms with Crippen LogP contribution in [0.25, 0.3) is 0 Å². The summed E-state index contributed by atoms with van der Waals surface area (Å²) >= 11 is 0. The summed E-state index contributed by atoms with van der Waals surface area (Å²) < 4.78 is 5.22. The minimum absolute atomic E-state index is 0.276. The van der Waals surface area contributed by atoms with E-state index in [0.717, 1.165) is 18.8 Å². The summed E-state index contributed by atoms with van der Waals surface area (Å²) in [5, 5.41) is 16.9. The van der Waals surface area contributed by atoms with Gasteiger partial charge >= 0.3 is 12.2 Å². The third-order valence-electron chi connectivity index (χ3n) is 2.74. The number of nitrogens with one attached hydrogen (secondary N) is 1. The van der Waals surface area contributed by atoms with Crippen molar-refractivity contribution in [1.29, 1.82) is 0 Å². The van der Waals surface area contributed by atoms with Crippen LogP contribution in [0.4, 0.5) is 9.59 Å². The molecule has 0 saturated heterocycles. The third-order valence-corrected chi connectivity index (χ3v) is 2.74. The Balaban J connectivity index is 0.000000711. The first-order chi connectivity index (χ1) is 8.60. The van der Waals surface area contributed by atoms with Gasteiger partial charge in [-0.2, -0.15) is 0 Å². The Morgan fingerprint density at radius 3 is 1.89 bits per heavy atom. The minimum atomic E-state index is -1.83. The monoisotopic (exact) mass is 275 g/mol. The maximum absolute atomic E-state index is 11.5. The zero-order chi connectivity index (χ0) is 15.1. The lowest BCUT2D eigenvalue weighted by Crippen LogP contribution is -2.40. The molecule has 0 radical (unpaired) electrons. The lowest BCUT2D eigenvalue weighted by Gasteiger charge is -2.28. The molecule has 0 bridgehead atoms. The molecule has 1 saturated carbocycles. The van der Waals surface area contributed by atoms with Crippen molar-refractivity contribution < 1.29 is 24.5 Å². The van der Waals surface area contributed by atoms with E-state index in [2.05, 4.69) is 12.2 Å². The Morgan fingerprint density at radius 2 is 1.53 bits per heavy atom. The molecule has 1 aliphatic carbocycles. The van der Waals surface area contributed by atoms with Gasteiger partial charge in [-0.05, 0) is 52.4 Å². The van der Waals surface area contributed by atoms with E-state index in [4.69, 9.17) is 19.7 Å². The predicted octanol–water partition coefficient (Wildman–Crippen LogP) is 3.31. The van der Waals surface area contributed by atoms with Gasteiger partial charge < -0.3 is 20.3 Å². The molecule has 0 atom stereocenters. The number of ether oxygens (including phenoxy) is 1. The van der Waals surface area contributed by atoms with Gasteiger partial charge in [-0.15, -0.1) is 0 Å². The first kappa shape index (κ1) is 17.5. The number of hydrogen-bond donors (Lipinski definition) is 3. The standard InChI is InChI=1S/C12H23NO2.CH2O3/c1-9-5-7-10(8-6-9)13-11(14)15-12(2,3)4;2-1(3)4/h9-10H,5-8H2,1-4H3,(H,13,14);(H2,2,3,4)/t9-,10-;. The van der Waals surface area contributed by atoms with Gasteiger partial charge in [-0.1, -0.05) is 6.92 Å². The molecule has 3 N–H and O–H groups in total. The van der Waals surface area contributed by atoms with Crippen molar-refractivity contribution in [2.24, 2.45) is 5.92 Å². The second-order valence-electron chi connectivity index (χ2n) is 5.89. The van der Waals surface area contributed by atoms with Gasteiger partial charge in [-0.25, -0.2) is 9.59 Å². The van der Waals surface area contributed by atoms with E-state index in [1.807, 2.05) is 20.8 Å². The number of alkyl carbamates (subject to hydrolysis) is 1. The van der Waals surface area contributed by atoms with Crippen LogP contribution in [0.1, 0.15) is 53.4 Å². The lowest BCUT2D eigenvalue weighted by molar-refractivity contribution is 0.0488. The number of amides is 1. The van der Waals surface area contributed by atoms with E-state index in [1.165, 1.54) is 12.8 Å². The molecule has 112 valence electrons. The molecule has 0 aromatic carbocycles. The van der Waals surface area contributed by atoms with E-state index in [1.54, 1.807) is 0 Å². The van der Waals surface area contributed by atoms with Gasteiger partial charge in [0.05, 0.1) is 0 Å². The van der Waals surface area contributed by atoms with Crippen LogP contribution in [-0.2, 0) is 4.74 Å². The molecule has 1 aliphatic rings. The molecule has 1 amide bonds. The zero-order valence-corrected chi connectivity index (χ0v) is 12.1. The number of carbonyl (C=O) groups is 2. The fourth-order valence-electron chi connectivity index (χ4n) is 1.88. The average molecular weight is 275 g/mol. The Labute approximate surface area is 114 Å². The lowest BCUT2D eigenvalue weighted by atomic mass is 9.87. The van der Waals surface area contributed by atoms with Crippen LogP contribution < -0.4 is 5.32 Å². The number of hydrogen-bond acceptors (Lipinski definition) is 3. The Hall–Kier alpha value is -1.46. The number of carboxylic acid groups (broad SMARTS) is 2. The Kier molecular flexibility index (Phi) is 7.26. The van der Waals surface area contributed by atoms with Crippen molar-refractivity contribution in [3.8, 4) is 0 Å². The van der Waals surface area contributed by atoms with Crippen molar-refractivity contribution >= 4 is 12.2 Å². The highest BCUT2D eigenvalue weighted by atomic mass is 16.6. The molecule has 0 aromatic rings. The number of rotatable bonds is 1. The number of carbonyl (C=O) groups excluding carboxylic acids is 1. The quantitative estimate of drug-likeness (QED) is 0.682. The van der Waals surface area contributed by atoms with E-state index in [0.29, 0.717) is 6.04 Å². The van der Waals surface area contributed by atoms with E-state index in [9.17, 15) is 4.79 Å². The zero-order valence-electron chi connectivity index (χ0n) is 12.1. The van der Waals surface area contributed by atoms with E-state index >= 15 is 0 Å². The van der Waals surface area contributed by atoms with E-state index < -0.39 is 11.8 Å². The SMILES string of the molecule is CC(C)(C)OC(=O)N[C@H]1CC[C@H](C)CC1.O=C(O)O. The van der Waals surface area contributed by atoms with Gasteiger partial charge in [-0.3, -0.25) is 0 Å². The summed E-state index contributed by atoms with van der Waals surface area (Å²) in [6.45, 7) is 7.92. The molecule has 19 heavy (non-hydrogen) atoms. The van der Waals surface area contributed by atoms with Crippen LogP contribution in [0.15, 0.2) is 0 Å². The summed E-state index contributed by atoms with van der Waals surface area (Å²) in [4.78, 5) is 20.0. The van der Waals surface area contributed by atoms with Crippen molar-refractivity contribution in [2.75, 3.05) is 0 Å². The molecule has 1 rings (SSSR count). The topological polar surface area (TPSA) is 95.9 Å². The molecule has 0 unspecified atom stereocenters. The highest BCUT2D eigenvalue weighted by molar-refractivity contribution is 5.68. The molecule has 0 heterocycles. The van der Waals surface area contributed by atoms with Crippen LogP contribution in [0.2, 0.25) is 0 Å². The van der Waals surface area contributed by atoms with E-state index in [-0.39, 0.29) is 6.09 Å². The summed E-state index contributed by atoms with van der Waals surface area (Å²) in [5.74, 6) is 0.807. The Morgan fingerprint density at radius 1 is 1.11 bits per heavy atom. The first-order valence-corrected chi connectivity index (χ1v) is 6.51. The first-order valence-electron chi connectivity index (χ1n) is 6.51. The maximum atomic E-state index is 11.5. The maximum Gasteiger partial charge on any atom is 0.503 e. The summed E-state index contributed by atoms with van der Waals surface area (Å²) in [7, 11) is 0. The fourth-order valence-corrected chi connectivity index (χ4v) is 1.88. The largest absolute Gasteiger partial charge is 0.503 e. The molecular formula is C13H25NO5. The van der Waals surface area contributed by atoms with Crippen LogP contribution in [0, 0.1) is 5.92 Å². The molecule has 0 spiro atoms. The highest BCUT2D eigenvalue weighted by Crippen LogP contribution is 2.23. The minimum Gasteiger partial charge on any atom is -0.450 e. The normalized spacial score (nSPS) is 22.7. The summed E-state index contributed by atoms with van der Waals surface area (Å²) in [6.07, 6.45) is 2.48. The van der Waals surface area contributed by atoms with Gasteiger partial charge in [0.15, 0.2) is 0 Å². The third kappa shape index (κ3) is 11.4. The van der Waals surface area contributed by atoms with Crippen molar-refractivity contribution in [1.82, 2.24) is 5.32 Å². The van der Waals surface area contributed by atoms with Crippen LogP contribution >= 0.6 is 0 Å². The average Bonchev–Trinajstić information content (AvgIpc) is 2.17. The molecule has 0 aromatic heterocycles. The van der Waals surface area contributed by atoms with Gasteiger partial charge in [0.2, 0.25) is 0 Å². The molecule has 1 fully saturated rings. The second-order valence-corrected chi connectivity index (χ2v) is 5.89. The van der Waals surface area contributed by atoms with Crippen molar-refractivity contribution in [3.05, 3.63) is 0 Å². The molecule has 6 heteroatoms. The van der Waals surface area contributed by atoms with Gasteiger partial charge in [0.1, 0.15) is 5.60 Å². The second kappa shape index (κ2) is 7.86. The predicted molar refractivity (Wildman–Crippen MR) is 71.4 cm³/mol. The Bertz CT molecular complexity index is 286. The van der Waals surface area contributed by atoms with Gasteiger partial charge in [0, 0.05) is 6.04 Å². The van der Waals surface area contributed by atoms with Gasteiger partial charge in [0.25, 0.3) is 0 Å². The van der Waals surface area contributed by atoms with Crippen LogP contribution in [-0.4, -0.2) is 34.1 Å². The highest BCUT2D eigenvalue weighted by Gasteiger charge is 2.22. The summed E-state index contributed by atoms with van der Waals surface area (Å²) in [5.41, 5.74) is -0.397. The molecular weight excluding hydrogens is 250 g/mol.